The van der Waals surface area contributed by atoms with Gasteiger partial charge in [0.25, 0.3) is 11.5 Å². The molecule has 4 rings (SSSR count). The number of fused-ring (bicyclic) bond motifs is 1. The van der Waals surface area contributed by atoms with Crippen molar-refractivity contribution in [3.63, 3.8) is 0 Å². The van der Waals surface area contributed by atoms with Crippen LogP contribution in [0.4, 0.5) is 0 Å². The second kappa shape index (κ2) is 10.6. The van der Waals surface area contributed by atoms with Gasteiger partial charge in [0, 0.05) is 6.21 Å². The van der Waals surface area contributed by atoms with Crippen molar-refractivity contribution in [2.75, 3.05) is 5.75 Å². The van der Waals surface area contributed by atoms with E-state index in [2.05, 4.69) is 15.5 Å². The van der Waals surface area contributed by atoms with Crippen LogP contribution in [0.3, 0.4) is 0 Å². The third-order valence-electron chi connectivity index (χ3n) is 4.81. The second-order valence-electron chi connectivity index (χ2n) is 7.26. The average Bonchev–Trinajstić information content (AvgIpc) is 2.84. The molecule has 0 aliphatic rings. The highest BCUT2D eigenvalue weighted by Gasteiger charge is 2.14. The topological polar surface area (TPSA) is 76.3 Å². The van der Waals surface area contributed by atoms with Gasteiger partial charge >= 0.3 is 0 Å². The van der Waals surface area contributed by atoms with Gasteiger partial charge in [0.2, 0.25) is 0 Å². The molecule has 0 saturated heterocycles. The van der Waals surface area contributed by atoms with Gasteiger partial charge in [-0.25, -0.2) is 10.4 Å². The lowest BCUT2D eigenvalue weighted by molar-refractivity contribution is -0.118. The molecule has 0 fully saturated rings. The number of hydrogen-bond donors (Lipinski definition) is 1. The molecule has 1 aromatic heterocycles. The number of allylic oxidation sites excluding steroid dienone is 1. The van der Waals surface area contributed by atoms with Crippen LogP contribution in [0.1, 0.15) is 11.1 Å². The Labute approximate surface area is 195 Å². The van der Waals surface area contributed by atoms with Crippen molar-refractivity contribution in [3.8, 4) is 5.69 Å². The zero-order chi connectivity index (χ0) is 23.0. The van der Waals surface area contributed by atoms with Gasteiger partial charge in [0.05, 0.1) is 22.3 Å². The summed E-state index contributed by atoms with van der Waals surface area (Å²) in [6.45, 7) is 1.99. The fourth-order valence-corrected chi connectivity index (χ4v) is 3.97. The van der Waals surface area contributed by atoms with Crippen molar-refractivity contribution < 1.29 is 4.79 Å². The SMILES string of the molecule is Cc1ccc(-n2c(SCC(=O)NN=CC=Cc3ccccc3)nc3ccccc3c2=O)cc1. The number of rotatable bonds is 7. The van der Waals surface area contributed by atoms with E-state index in [1.807, 2.05) is 79.7 Å². The fourth-order valence-electron chi connectivity index (χ4n) is 3.16. The Morgan fingerprint density at radius 2 is 1.76 bits per heavy atom. The number of aryl methyl sites for hydroxylation is 1. The fraction of sp³-hybridized carbons (Fsp3) is 0.0769. The Bertz CT molecular complexity index is 1380. The van der Waals surface area contributed by atoms with Crippen LogP contribution >= 0.6 is 11.8 Å². The number of carbonyl (C=O) groups is 1. The molecule has 4 aromatic rings. The molecule has 0 aliphatic heterocycles. The number of nitrogens with zero attached hydrogens (tertiary/aromatic N) is 3. The molecule has 0 aliphatic carbocycles. The Morgan fingerprint density at radius 1 is 1.03 bits per heavy atom. The van der Waals surface area contributed by atoms with Crippen molar-refractivity contribution in [3.05, 3.63) is 106 Å². The highest BCUT2D eigenvalue weighted by atomic mass is 32.2. The summed E-state index contributed by atoms with van der Waals surface area (Å²) in [7, 11) is 0. The van der Waals surface area contributed by atoms with Crippen LogP contribution in [-0.2, 0) is 4.79 Å². The van der Waals surface area contributed by atoms with E-state index in [9.17, 15) is 9.59 Å². The molecule has 0 atom stereocenters. The van der Waals surface area contributed by atoms with E-state index in [4.69, 9.17) is 0 Å². The summed E-state index contributed by atoms with van der Waals surface area (Å²) in [6, 6.07) is 24.6. The van der Waals surface area contributed by atoms with Gasteiger partial charge in [-0.05, 0) is 42.8 Å². The standard InChI is InChI=1S/C26H22N4O2S/c1-19-13-15-21(16-14-19)30-25(32)22-11-5-6-12-23(22)28-26(30)33-18-24(31)29-27-17-7-10-20-8-3-2-4-9-20/h2-17H,18H2,1H3,(H,29,31). The van der Waals surface area contributed by atoms with E-state index >= 15 is 0 Å². The highest BCUT2D eigenvalue weighted by molar-refractivity contribution is 7.99. The smallest absolute Gasteiger partial charge is 0.266 e. The zero-order valence-electron chi connectivity index (χ0n) is 18.0. The molecule has 0 saturated carbocycles. The number of nitrogens with one attached hydrogen (secondary N) is 1. The number of hydrogen-bond acceptors (Lipinski definition) is 5. The summed E-state index contributed by atoms with van der Waals surface area (Å²) >= 11 is 1.19. The molecule has 7 heteroatoms. The molecule has 1 amide bonds. The Hall–Kier alpha value is -3.97. The van der Waals surface area contributed by atoms with Crippen molar-refractivity contribution in [2.45, 2.75) is 12.1 Å². The van der Waals surface area contributed by atoms with Crippen LogP contribution in [0, 0.1) is 6.92 Å². The van der Waals surface area contributed by atoms with Gasteiger partial charge < -0.3 is 0 Å². The Kier molecular flexibility index (Phi) is 7.12. The largest absolute Gasteiger partial charge is 0.272 e. The summed E-state index contributed by atoms with van der Waals surface area (Å²) in [4.78, 5) is 30.2. The minimum absolute atomic E-state index is 0.0659. The molecule has 0 bridgehead atoms. The molecule has 0 unspecified atom stereocenters. The molecule has 164 valence electrons. The molecule has 0 spiro atoms. The van der Waals surface area contributed by atoms with E-state index in [0.29, 0.717) is 21.7 Å². The lowest BCUT2D eigenvalue weighted by Gasteiger charge is -2.13. The minimum atomic E-state index is -0.290. The average molecular weight is 455 g/mol. The maximum absolute atomic E-state index is 13.2. The predicted molar refractivity (Wildman–Crippen MR) is 135 cm³/mol. The number of aromatic nitrogens is 2. The molecular weight excluding hydrogens is 432 g/mol. The molecule has 1 heterocycles. The van der Waals surface area contributed by atoms with E-state index in [0.717, 1.165) is 11.1 Å². The number of para-hydroxylation sites is 1. The molecule has 6 nitrogen and oxygen atoms in total. The monoisotopic (exact) mass is 454 g/mol. The quantitative estimate of drug-likeness (QED) is 0.192. The van der Waals surface area contributed by atoms with Crippen LogP contribution in [0.15, 0.2) is 100.0 Å². The Morgan fingerprint density at radius 3 is 2.55 bits per heavy atom. The first-order chi connectivity index (χ1) is 16.1. The van der Waals surface area contributed by atoms with Gasteiger partial charge in [-0.15, -0.1) is 0 Å². The number of hydrazone groups is 1. The van der Waals surface area contributed by atoms with Gasteiger partial charge in [-0.3, -0.25) is 14.2 Å². The number of amides is 1. The maximum atomic E-state index is 13.2. The van der Waals surface area contributed by atoms with E-state index in [-0.39, 0.29) is 17.2 Å². The highest BCUT2D eigenvalue weighted by Crippen LogP contribution is 2.21. The molecule has 3 aromatic carbocycles. The van der Waals surface area contributed by atoms with E-state index in [1.165, 1.54) is 18.0 Å². The molecular formula is C26H22N4O2S. The van der Waals surface area contributed by atoms with Crippen molar-refractivity contribution in [2.24, 2.45) is 5.10 Å². The van der Waals surface area contributed by atoms with Crippen LogP contribution in [-0.4, -0.2) is 27.4 Å². The Balaban J connectivity index is 1.49. The van der Waals surface area contributed by atoms with Gasteiger partial charge in [0.15, 0.2) is 5.16 Å². The van der Waals surface area contributed by atoms with Crippen molar-refractivity contribution in [1.29, 1.82) is 0 Å². The molecule has 33 heavy (non-hydrogen) atoms. The van der Waals surface area contributed by atoms with E-state index in [1.54, 1.807) is 22.8 Å². The van der Waals surface area contributed by atoms with E-state index < -0.39 is 0 Å². The van der Waals surface area contributed by atoms with Crippen LogP contribution in [0.5, 0.6) is 0 Å². The maximum Gasteiger partial charge on any atom is 0.266 e. The van der Waals surface area contributed by atoms with Gasteiger partial charge in [0.1, 0.15) is 0 Å². The molecule has 1 N–H and O–H groups in total. The summed E-state index contributed by atoms with van der Waals surface area (Å²) in [5.74, 6) is -0.224. The predicted octanol–water partition coefficient (Wildman–Crippen LogP) is 4.60. The summed E-state index contributed by atoms with van der Waals surface area (Å²) in [5, 5.41) is 4.92. The van der Waals surface area contributed by atoms with Crippen molar-refractivity contribution >= 4 is 40.9 Å². The first-order valence-corrected chi connectivity index (χ1v) is 11.4. The van der Waals surface area contributed by atoms with Crippen LogP contribution in [0.25, 0.3) is 22.7 Å². The first kappa shape index (κ1) is 22.2. The lowest BCUT2D eigenvalue weighted by Crippen LogP contribution is -2.24. The summed E-state index contributed by atoms with van der Waals surface area (Å²) < 4.78 is 1.55. The van der Waals surface area contributed by atoms with Gasteiger partial charge in [-0.1, -0.05) is 78.0 Å². The number of benzene rings is 3. The van der Waals surface area contributed by atoms with Gasteiger partial charge in [-0.2, -0.15) is 5.10 Å². The van der Waals surface area contributed by atoms with Crippen molar-refractivity contribution in [1.82, 2.24) is 15.0 Å². The normalized spacial score (nSPS) is 11.4. The zero-order valence-corrected chi connectivity index (χ0v) is 18.8. The lowest BCUT2D eigenvalue weighted by atomic mass is 10.2. The van der Waals surface area contributed by atoms with Crippen LogP contribution < -0.4 is 11.0 Å². The number of carbonyl (C=O) groups excluding carboxylic acids is 1. The second-order valence-corrected chi connectivity index (χ2v) is 8.20. The summed E-state index contributed by atoms with van der Waals surface area (Å²) in [6.07, 6.45) is 5.17. The summed E-state index contributed by atoms with van der Waals surface area (Å²) in [5.41, 5.74) is 5.77. The molecule has 0 radical (unpaired) electrons. The minimum Gasteiger partial charge on any atom is -0.272 e. The third kappa shape index (κ3) is 5.64. The number of thioether (sulfide) groups is 1. The van der Waals surface area contributed by atoms with Crippen LogP contribution in [0.2, 0.25) is 0 Å². The first-order valence-electron chi connectivity index (χ1n) is 10.4. The third-order valence-corrected chi connectivity index (χ3v) is 5.75.